The molecule has 3 rings (SSSR count). The van der Waals surface area contributed by atoms with E-state index in [2.05, 4.69) is 50.0 Å². The number of aliphatic imine (C=N–C) groups is 1. The molecule has 1 unspecified atom stereocenters. The van der Waals surface area contributed by atoms with Gasteiger partial charge in [0.15, 0.2) is 11.6 Å². The summed E-state index contributed by atoms with van der Waals surface area (Å²) in [4.78, 5) is 3.91. The van der Waals surface area contributed by atoms with Gasteiger partial charge in [-0.1, -0.05) is 70.2 Å². The van der Waals surface area contributed by atoms with Crippen LogP contribution >= 0.6 is 0 Å². The first-order valence-electron chi connectivity index (χ1n) is 9.59. The standard InChI is InChI=1S/C25H25F2NO/c1-16(17-11-13-19(14-12-17)25(2,3)4)20-8-5-7-18(24(20)29)15-28-23-21(26)9-6-10-22(23)27/h5-16,29H,1-4H3. The van der Waals surface area contributed by atoms with E-state index in [9.17, 15) is 13.9 Å². The first-order valence-corrected chi connectivity index (χ1v) is 9.59. The van der Waals surface area contributed by atoms with E-state index in [1.54, 1.807) is 12.1 Å². The molecule has 0 fully saturated rings. The molecule has 0 amide bonds. The van der Waals surface area contributed by atoms with E-state index in [-0.39, 0.29) is 22.8 Å². The van der Waals surface area contributed by atoms with Crippen molar-refractivity contribution in [3.05, 3.63) is 94.6 Å². The van der Waals surface area contributed by atoms with Crippen molar-refractivity contribution in [2.75, 3.05) is 0 Å². The molecular formula is C25H25F2NO. The van der Waals surface area contributed by atoms with Crippen LogP contribution in [0.4, 0.5) is 14.5 Å². The second-order valence-corrected chi connectivity index (χ2v) is 8.21. The number of hydrogen-bond donors (Lipinski definition) is 1. The molecule has 0 aliphatic heterocycles. The number of aromatic hydroxyl groups is 1. The van der Waals surface area contributed by atoms with Crippen LogP contribution < -0.4 is 0 Å². The molecule has 1 N–H and O–H groups in total. The number of benzene rings is 3. The molecule has 2 nitrogen and oxygen atoms in total. The Labute approximate surface area is 170 Å². The molecule has 0 aliphatic carbocycles. The minimum Gasteiger partial charge on any atom is -0.507 e. The van der Waals surface area contributed by atoms with E-state index in [1.165, 1.54) is 17.8 Å². The number of hydrogen-bond acceptors (Lipinski definition) is 2. The van der Waals surface area contributed by atoms with Gasteiger partial charge < -0.3 is 5.11 Å². The lowest BCUT2D eigenvalue weighted by Gasteiger charge is -2.21. The first-order chi connectivity index (χ1) is 13.7. The van der Waals surface area contributed by atoms with Gasteiger partial charge in [-0.15, -0.1) is 0 Å². The third-order valence-corrected chi connectivity index (χ3v) is 5.11. The molecule has 0 saturated carbocycles. The van der Waals surface area contributed by atoms with Gasteiger partial charge in [-0.25, -0.2) is 13.8 Å². The van der Waals surface area contributed by atoms with Gasteiger partial charge in [-0.2, -0.15) is 0 Å². The second-order valence-electron chi connectivity index (χ2n) is 8.21. The average molecular weight is 393 g/mol. The lowest BCUT2D eigenvalue weighted by molar-refractivity contribution is 0.465. The molecule has 0 aromatic heterocycles. The Morgan fingerprint density at radius 3 is 2.07 bits per heavy atom. The van der Waals surface area contributed by atoms with Crippen molar-refractivity contribution in [2.45, 2.75) is 39.0 Å². The fourth-order valence-electron chi connectivity index (χ4n) is 3.23. The Hall–Kier alpha value is -3.01. The number of halogens is 2. The molecule has 4 heteroatoms. The molecule has 150 valence electrons. The van der Waals surface area contributed by atoms with E-state index in [1.807, 2.05) is 13.0 Å². The molecule has 0 heterocycles. The van der Waals surface area contributed by atoms with Crippen LogP contribution in [0, 0.1) is 11.6 Å². The van der Waals surface area contributed by atoms with Crippen molar-refractivity contribution in [1.82, 2.24) is 0 Å². The van der Waals surface area contributed by atoms with Crippen molar-refractivity contribution >= 4 is 11.9 Å². The maximum atomic E-state index is 13.8. The predicted octanol–water partition coefficient (Wildman–Crippen LogP) is 6.87. The second kappa shape index (κ2) is 8.16. The lowest BCUT2D eigenvalue weighted by Crippen LogP contribution is -2.11. The normalized spacial score (nSPS) is 13.0. The molecule has 1 atom stereocenters. The number of nitrogens with zero attached hydrogens (tertiary/aromatic N) is 1. The lowest BCUT2D eigenvalue weighted by atomic mass is 9.84. The summed E-state index contributed by atoms with van der Waals surface area (Å²) in [6.07, 6.45) is 1.29. The quantitative estimate of drug-likeness (QED) is 0.482. The van der Waals surface area contributed by atoms with Gasteiger partial charge in [0.05, 0.1) is 0 Å². The number of para-hydroxylation sites is 2. The molecule has 3 aromatic carbocycles. The van der Waals surface area contributed by atoms with Crippen LogP contribution in [0.1, 0.15) is 55.9 Å². The summed E-state index contributed by atoms with van der Waals surface area (Å²) < 4.78 is 27.6. The Morgan fingerprint density at radius 1 is 0.897 bits per heavy atom. The Balaban J connectivity index is 1.91. The van der Waals surface area contributed by atoms with E-state index in [4.69, 9.17) is 0 Å². The number of phenols is 1. The van der Waals surface area contributed by atoms with Crippen LogP contribution in [0.5, 0.6) is 5.75 Å². The number of rotatable bonds is 4. The van der Waals surface area contributed by atoms with Gasteiger partial charge >= 0.3 is 0 Å². The SMILES string of the molecule is CC(c1ccc(C(C)(C)C)cc1)c1cccc(C=Nc2c(F)cccc2F)c1O. The van der Waals surface area contributed by atoms with Crippen LogP contribution in [-0.4, -0.2) is 11.3 Å². The zero-order valence-corrected chi connectivity index (χ0v) is 17.1. The molecule has 0 aliphatic rings. The summed E-state index contributed by atoms with van der Waals surface area (Å²) in [5, 5.41) is 10.7. The van der Waals surface area contributed by atoms with Gasteiger partial charge in [0.25, 0.3) is 0 Å². The highest BCUT2D eigenvalue weighted by atomic mass is 19.1. The number of phenolic OH excluding ortho intramolecular Hbond substituents is 1. The van der Waals surface area contributed by atoms with E-state index >= 15 is 0 Å². The van der Waals surface area contributed by atoms with Crippen LogP contribution in [0.2, 0.25) is 0 Å². The minimum atomic E-state index is -0.746. The molecule has 3 aromatic rings. The highest BCUT2D eigenvalue weighted by Gasteiger charge is 2.17. The van der Waals surface area contributed by atoms with Gasteiger partial charge in [-0.3, -0.25) is 0 Å². The molecule has 0 radical (unpaired) electrons. The summed E-state index contributed by atoms with van der Waals surface area (Å²) >= 11 is 0. The predicted molar refractivity (Wildman–Crippen MR) is 114 cm³/mol. The van der Waals surface area contributed by atoms with Crippen LogP contribution in [0.25, 0.3) is 0 Å². The highest BCUT2D eigenvalue weighted by Crippen LogP contribution is 2.34. The van der Waals surface area contributed by atoms with Crippen molar-refractivity contribution in [3.63, 3.8) is 0 Å². The average Bonchev–Trinajstić information content (AvgIpc) is 2.67. The fourth-order valence-corrected chi connectivity index (χ4v) is 3.23. The molecular weight excluding hydrogens is 368 g/mol. The van der Waals surface area contributed by atoms with E-state index in [0.717, 1.165) is 23.3 Å². The Morgan fingerprint density at radius 2 is 1.48 bits per heavy atom. The molecule has 0 saturated heterocycles. The van der Waals surface area contributed by atoms with Gasteiger partial charge in [-0.05, 0) is 34.7 Å². The topological polar surface area (TPSA) is 32.6 Å². The van der Waals surface area contributed by atoms with E-state index < -0.39 is 11.6 Å². The van der Waals surface area contributed by atoms with Gasteiger partial charge in [0.1, 0.15) is 11.4 Å². The minimum absolute atomic E-state index is 0.0532. The third-order valence-electron chi connectivity index (χ3n) is 5.11. The van der Waals surface area contributed by atoms with Crippen molar-refractivity contribution in [3.8, 4) is 5.75 Å². The maximum Gasteiger partial charge on any atom is 0.151 e. The zero-order valence-electron chi connectivity index (χ0n) is 17.1. The summed E-state index contributed by atoms with van der Waals surface area (Å²) in [6, 6.07) is 17.2. The largest absolute Gasteiger partial charge is 0.507 e. The fraction of sp³-hybridized carbons (Fsp3) is 0.240. The third kappa shape index (κ3) is 4.53. The van der Waals surface area contributed by atoms with Crippen LogP contribution in [-0.2, 0) is 5.41 Å². The summed E-state index contributed by atoms with van der Waals surface area (Å²) in [6.45, 7) is 8.51. The van der Waals surface area contributed by atoms with Crippen LogP contribution in [0.3, 0.4) is 0 Å². The zero-order chi connectivity index (χ0) is 21.2. The van der Waals surface area contributed by atoms with Crippen LogP contribution in [0.15, 0.2) is 65.7 Å². The van der Waals surface area contributed by atoms with Gasteiger partial charge in [0.2, 0.25) is 0 Å². The summed E-state index contributed by atoms with van der Waals surface area (Å²) in [5.41, 5.74) is 3.15. The smallest absolute Gasteiger partial charge is 0.151 e. The molecule has 29 heavy (non-hydrogen) atoms. The highest BCUT2D eigenvalue weighted by molar-refractivity contribution is 5.86. The molecule has 0 spiro atoms. The summed E-state index contributed by atoms with van der Waals surface area (Å²) in [5.74, 6) is -1.49. The van der Waals surface area contributed by atoms with Crippen molar-refractivity contribution < 1.29 is 13.9 Å². The Kier molecular flexibility index (Phi) is 5.83. The Bertz CT molecular complexity index is 1010. The summed E-state index contributed by atoms with van der Waals surface area (Å²) in [7, 11) is 0. The van der Waals surface area contributed by atoms with Crippen molar-refractivity contribution in [1.29, 1.82) is 0 Å². The maximum absolute atomic E-state index is 13.8. The monoisotopic (exact) mass is 393 g/mol. The molecule has 0 bridgehead atoms. The van der Waals surface area contributed by atoms with Gasteiger partial charge in [0, 0.05) is 23.3 Å². The van der Waals surface area contributed by atoms with Crippen molar-refractivity contribution in [2.24, 2.45) is 4.99 Å². The van der Waals surface area contributed by atoms with E-state index in [0.29, 0.717) is 5.56 Å². The first kappa shape index (κ1) is 20.7.